The second-order valence-electron chi connectivity index (χ2n) is 4.65. The molecule has 1 fully saturated rings. The third-order valence-corrected chi connectivity index (χ3v) is 3.34. The third kappa shape index (κ3) is 3.57. The number of hydrogen-bond donors (Lipinski definition) is 0. The van der Waals surface area contributed by atoms with E-state index in [-0.39, 0.29) is 12.1 Å². The molecule has 98 valence electrons. The summed E-state index contributed by atoms with van der Waals surface area (Å²) < 4.78 is 10.7. The summed E-state index contributed by atoms with van der Waals surface area (Å²) in [5.74, 6) is 0.310. The minimum atomic E-state index is -0.152. The molecule has 0 N–H and O–H groups in total. The molecule has 1 aromatic carbocycles. The molecule has 2 atom stereocenters. The number of carbonyl (C=O) groups is 1. The molecule has 18 heavy (non-hydrogen) atoms. The van der Waals surface area contributed by atoms with E-state index in [1.807, 2.05) is 13.0 Å². The van der Waals surface area contributed by atoms with Crippen LogP contribution < -0.4 is 0 Å². The van der Waals surface area contributed by atoms with Crippen LogP contribution in [-0.4, -0.2) is 25.3 Å². The maximum atomic E-state index is 11.4. The van der Waals surface area contributed by atoms with Gasteiger partial charge in [0.15, 0.2) is 0 Å². The molecule has 0 bridgehead atoms. The highest BCUT2D eigenvalue weighted by molar-refractivity contribution is 5.69. The Kier molecular flexibility index (Phi) is 4.76. The van der Waals surface area contributed by atoms with Crippen LogP contribution in [0.5, 0.6) is 0 Å². The molecule has 3 nitrogen and oxygen atoms in total. The molecule has 0 aromatic heterocycles. The second kappa shape index (κ2) is 6.55. The maximum Gasteiger partial charge on any atom is 0.308 e. The summed E-state index contributed by atoms with van der Waals surface area (Å²) in [6, 6.07) is 10.4. The van der Waals surface area contributed by atoms with E-state index < -0.39 is 0 Å². The number of hydrogen-bond acceptors (Lipinski definition) is 3. The molecule has 0 aliphatic carbocycles. The van der Waals surface area contributed by atoms with E-state index >= 15 is 0 Å². The Morgan fingerprint density at radius 3 is 2.72 bits per heavy atom. The van der Waals surface area contributed by atoms with Gasteiger partial charge in [0.05, 0.1) is 25.7 Å². The molecule has 0 spiro atoms. The summed E-state index contributed by atoms with van der Waals surface area (Å²) in [6.07, 6.45) is 2.42. The summed E-state index contributed by atoms with van der Waals surface area (Å²) in [5.41, 5.74) is 1.33. The molecule has 0 saturated carbocycles. The van der Waals surface area contributed by atoms with Crippen LogP contribution in [0.1, 0.15) is 37.7 Å². The molecule has 0 amide bonds. The monoisotopic (exact) mass is 248 g/mol. The average Bonchev–Trinajstić information content (AvgIpc) is 2.41. The van der Waals surface area contributed by atoms with Gasteiger partial charge in [-0.3, -0.25) is 4.79 Å². The lowest BCUT2D eigenvalue weighted by Crippen LogP contribution is -2.27. The number of carbonyl (C=O) groups excluding carboxylic acids is 1. The van der Waals surface area contributed by atoms with Gasteiger partial charge in [0.25, 0.3) is 0 Å². The SMILES string of the molecule is CCOC(=O)CC1CCC(c2ccccc2)CO1. The highest BCUT2D eigenvalue weighted by atomic mass is 16.5. The van der Waals surface area contributed by atoms with Crippen molar-refractivity contribution < 1.29 is 14.3 Å². The maximum absolute atomic E-state index is 11.4. The Hall–Kier alpha value is -1.35. The molecule has 2 unspecified atom stereocenters. The molecule has 1 aromatic rings. The van der Waals surface area contributed by atoms with E-state index in [9.17, 15) is 4.79 Å². The third-order valence-electron chi connectivity index (χ3n) is 3.34. The Bertz CT molecular complexity index is 367. The van der Waals surface area contributed by atoms with Crippen LogP contribution >= 0.6 is 0 Å². The fourth-order valence-electron chi connectivity index (χ4n) is 2.36. The first-order valence-electron chi connectivity index (χ1n) is 6.61. The fourth-order valence-corrected chi connectivity index (χ4v) is 2.36. The number of benzene rings is 1. The standard InChI is InChI=1S/C15H20O3/c1-2-17-15(16)10-14-9-8-13(11-18-14)12-6-4-3-5-7-12/h3-7,13-14H,2,8-11H2,1H3. The Morgan fingerprint density at radius 2 is 2.11 bits per heavy atom. The first kappa shape index (κ1) is 13.1. The number of ether oxygens (including phenoxy) is 2. The van der Waals surface area contributed by atoms with Gasteiger partial charge in [0.1, 0.15) is 0 Å². The van der Waals surface area contributed by atoms with E-state index in [0.717, 1.165) is 12.8 Å². The Labute approximate surface area is 108 Å². The molecule has 1 heterocycles. The van der Waals surface area contributed by atoms with Crippen molar-refractivity contribution in [2.75, 3.05) is 13.2 Å². The highest BCUT2D eigenvalue weighted by Crippen LogP contribution is 2.29. The van der Waals surface area contributed by atoms with Crippen LogP contribution in [0.15, 0.2) is 30.3 Å². The normalized spacial score (nSPS) is 23.6. The lowest BCUT2D eigenvalue weighted by atomic mass is 9.91. The molecule has 3 heteroatoms. The van der Waals surface area contributed by atoms with Crippen LogP contribution in [0.3, 0.4) is 0 Å². The number of rotatable bonds is 4. The van der Waals surface area contributed by atoms with E-state index in [0.29, 0.717) is 25.6 Å². The van der Waals surface area contributed by atoms with E-state index in [4.69, 9.17) is 9.47 Å². The summed E-state index contributed by atoms with van der Waals surface area (Å²) in [7, 11) is 0. The van der Waals surface area contributed by atoms with Crippen LogP contribution in [0, 0.1) is 0 Å². The highest BCUT2D eigenvalue weighted by Gasteiger charge is 2.24. The van der Waals surface area contributed by atoms with Gasteiger partial charge in [0, 0.05) is 5.92 Å². The van der Waals surface area contributed by atoms with Gasteiger partial charge in [-0.2, -0.15) is 0 Å². The first-order chi connectivity index (χ1) is 8.79. The minimum Gasteiger partial charge on any atom is -0.466 e. The van der Waals surface area contributed by atoms with E-state index in [1.165, 1.54) is 5.56 Å². The van der Waals surface area contributed by atoms with Gasteiger partial charge < -0.3 is 9.47 Å². The average molecular weight is 248 g/mol. The molecular formula is C15H20O3. The predicted octanol–water partition coefficient (Wildman–Crippen LogP) is 2.90. The van der Waals surface area contributed by atoms with Crippen molar-refractivity contribution in [2.45, 2.75) is 38.2 Å². The molecule has 1 aliphatic heterocycles. The summed E-state index contributed by atoms with van der Waals surface area (Å²) in [5, 5.41) is 0. The zero-order valence-electron chi connectivity index (χ0n) is 10.8. The minimum absolute atomic E-state index is 0.0315. The zero-order chi connectivity index (χ0) is 12.8. The largest absolute Gasteiger partial charge is 0.466 e. The quantitative estimate of drug-likeness (QED) is 0.769. The fraction of sp³-hybridized carbons (Fsp3) is 0.533. The van der Waals surface area contributed by atoms with Crippen LogP contribution in [-0.2, 0) is 14.3 Å². The van der Waals surface area contributed by atoms with E-state index in [2.05, 4.69) is 24.3 Å². The number of esters is 1. The smallest absolute Gasteiger partial charge is 0.308 e. The Balaban J connectivity index is 1.80. The van der Waals surface area contributed by atoms with Crippen molar-refractivity contribution in [1.29, 1.82) is 0 Å². The summed E-state index contributed by atoms with van der Waals surface area (Å²) in [4.78, 5) is 11.4. The van der Waals surface area contributed by atoms with Crippen LogP contribution in [0.25, 0.3) is 0 Å². The van der Waals surface area contributed by atoms with Crippen molar-refractivity contribution in [3.8, 4) is 0 Å². The topological polar surface area (TPSA) is 35.5 Å². The van der Waals surface area contributed by atoms with Crippen LogP contribution in [0.2, 0.25) is 0 Å². The molecule has 0 radical (unpaired) electrons. The lowest BCUT2D eigenvalue weighted by Gasteiger charge is -2.28. The van der Waals surface area contributed by atoms with Crippen molar-refractivity contribution in [2.24, 2.45) is 0 Å². The second-order valence-corrected chi connectivity index (χ2v) is 4.65. The van der Waals surface area contributed by atoms with Gasteiger partial charge in [-0.15, -0.1) is 0 Å². The van der Waals surface area contributed by atoms with Gasteiger partial charge >= 0.3 is 5.97 Å². The van der Waals surface area contributed by atoms with Gasteiger partial charge in [-0.05, 0) is 25.3 Å². The molecule has 2 rings (SSSR count). The van der Waals surface area contributed by atoms with Gasteiger partial charge in [-0.25, -0.2) is 0 Å². The van der Waals surface area contributed by atoms with Crippen molar-refractivity contribution >= 4 is 5.97 Å². The van der Waals surface area contributed by atoms with Crippen LogP contribution in [0.4, 0.5) is 0 Å². The molecule has 1 saturated heterocycles. The molecular weight excluding hydrogens is 228 g/mol. The van der Waals surface area contributed by atoms with Crippen molar-refractivity contribution in [3.05, 3.63) is 35.9 Å². The lowest BCUT2D eigenvalue weighted by molar-refractivity contribution is -0.147. The van der Waals surface area contributed by atoms with E-state index in [1.54, 1.807) is 0 Å². The summed E-state index contributed by atoms with van der Waals surface area (Å²) in [6.45, 7) is 2.97. The van der Waals surface area contributed by atoms with Crippen molar-refractivity contribution in [3.63, 3.8) is 0 Å². The van der Waals surface area contributed by atoms with Gasteiger partial charge in [-0.1, -0.05) is 30.3 Å². The zero-order valence-corrected chi connectivity index (χ0v) is 10.8. The molecule has 1 aliphatic rings. The predicted molar refractivity (Wildman–Crippen MR) is 69.4 cm³/mol. The summed E-state index contributed by atoms with van der Waals surface area (Å²) >= 11 is 0. The Morgan fingerprint density at radius 1 is 1.33 bits per heavy atom. The van der Waals surface area contributed by atoms with Crippen molar-refractivity contribution in [1.82, 2.24) is 0 Å². The van der Waals surface area contributed by atoms with Gasteiger partial charge in [0.2, 0.25) is 0 Å². The first-order valence-corrected chi connectivity index (χ1v) is 6.61.